The molecule has 0 saturated heterocycles. The Balaban J connectivity index is 0.00000529. The van der Waals surface area contributed by atoms with Crippen LogP contribution in [0.3, 0.4) is 0 Å². The number of benzene rings is 1. The number of aliphatic imine (C=N–C) groups is 1. The molecule has 2 N–H and O–H groups in total. The number of guanidine groups is 1. The topological polar surface area (TPSA) is 66.0 Å². The average Bonchev–Trinajstić information content (AvgIpc) is 2.53. The lowest BCUT2D eigenvalue weighted by molar-refractivity contribution is -0.127. The summed E-state index contributed by atoms with van der Waals surface area (Å²) < 4.78 is 5.01. The van der Waals surface area contributed by atoms with Crippen LogP contribution in [-0.2, 0) is 16.0 Å². The van der Waals surface area contributed by atoms with Crippen molar-refractivity contribution in [3.8, 4) is 0 Å². The summed E-state index contributed by atoms with van der Waals surface area (Å²) in [7, 11) is 5.07. The Morgan fingerprint density at radius 1 is 1.21 bits per heavy atom. The number of ether oxygens (including phenoxy) is 1. The molecular weight excluding hydrogens is 443 g/mol. The molecule has 0 heterocycles. The third-order valence-electron chi connectivity index (χ3n) is 3.09. The van der Waals surface area contributed by atoms with E-state index in [2.05, 4.69) is 15.6 Å². The third kappa shape index (κ3) is 9.94. The molecular formula is C16H26ClIN4O2. The van der Waals surface area contributed by atoms with Gasteiger partial charge < -0.3 is 20.3 Å². The molecule has 0 aromatic heterocycles. The van der Waals surface area contributed by atoms with Crippen LogP contribution in [0.4, 0.5) is 0 Å². The van der Waals surface area contributed by atoms with E-state index in [4.69, 9.17) is 16.3 Å². The van der Waals surface area contributed by atoms with Crippen molar-refractivity contribution in [3.63, 3.8) is 0 Å². The molecule has 1 aromatic rings. The first-order valence-electron chi connectivity index (χ1n) is 7.48. The Morgan fingerprint density at radius 2 is 1.83 bits per heavy atom. The molecule has 0 spiro atoms. The smallest absolute Gasteiger partial charge is 0.243 e. The number of nitrogens with zero attached hydrogens (tertiary/aromatic N) is 2. The zero-order chi connectivity index (χ0) is 17.1. The summed E-state index contributed by atoms with van der Waals surface area (Å²) in [6, 6.07) is 7.74. The lowest BCUT2D eigenvalue weighted by Crippen LogP contribution is -2.40. The number of likely N-dealkylation sites (N-methyl/N-ethyl adjacent to an activating group) is 1. The van der Waals surface area contributed by atoms with Crippen LogP contribution in [0.5, 0.6) is 0 Å². The quantitative estimate of drug-likeness (QED) is 0.264. The van der Waals surface area contributed by atoms with Crippen molar-refractivity contribution in [2.75, 3.05) is 47.4 Å². The van der Waals surface area contributed by atoms with Crippen LogP contribution in [0, 0.1) is 0 Å². The van der Waals surface area contributed by atoms with E-state index in [9.17, 15) is 4.79 Å². The maximum atomic E-state index is 11.6. The molecule has 6 nitrogen and oxygen atoms in total. The maximum Gasteiger partial charge on any atom is 0.243 e. The van der Waals surface area contributed by atoms with Gasteiger partial charge in [0.2, 0.25) is 5.91 Å². The molecule has 8 heteroatoms. The fraction of sp³-hybridized carbons (Fsp3) is 0.500. The number of hydrogen-bond acceptors (Lipinski definition) is 3. The average molecular weight is 469 g/mol. The van der Waals surface area contributed by atoms with Gasteiger partial charge >= 0.3 is 0 Å². The van der Waals surface area contributed by atoms with E-state index < -0.39 is 0 Å². The number of nitrogens with one attached hydrogen (secondary N) is 2. The second-order valence-corrected chi connectivity index (χ2v) is 5.61. The predicted molar refractivity (Wildman–Crippen MR) is 109 cm³/mol. The highest BCUT2D eigenvalue weighted by Gasteiger charge is 2.04. The SMILES string of the molecule is COCCNC(=NCC(=O)N(C)C)NCCc1ccc(Cl)cc1.I. The Kier molecular flexibility index (Phi) is 12.7. The number of halogens is 2. The molecule has 136 valence electrons. The summed E-state index contributed by atoms with van der Waals surface area (Å²) in [4.78, 5) is 17.4. The van der Waals surface area contributed by atoms with Gasteiger partial charge in [0.05, 0.1) is 6.61 Å². The molecule has 0 radical (unpaired) electrons. The molecule has 0 aliphatic heterocycles. The summed E-state index contributed by atoms with van der Waals surface area (Å²) in [5.41, 5.74) is 1.18. The summed E-state index contributed by atoms with van der Waals surface area (Å²) in [5, 5.41) is 7.08. The molecule has 0 saturated carbocycles. The van der Waals surface area contributed by atoms with Gasteiger partial charge in [0.1, 0.15) is 6.54 Å². The second kappa shape index (κ2) is 13.3. The highest BCUT2D eigenvalue weighted by molar-refractivity contribution is 14.0. The molecule has 0 aliphatic carbocycles. The number of amides is 1. The van der Waals surface area contributed by atoms with E-state index in [1.54, 1.807) is 21.2 Å². The molecule has 0 bridgehead atoms. The molecule has 0 aliphatic rings. The van der Waals surface area contributed by atoms with Crippen LogP contribution in [0.2, 0.25) is 5.02 Å². The third-order valence-corrected chi connectivity index (χ3v) is 3.34. The van der Waals surface area contributed by atoms with E-state index >= 15 is 0 Å². The van der Waals surface area contributed by atoms with Gasteiger partial charge in [-0.15, -0.1) is 24.0 Å². The van der Waals surface area contributed by atoms with E-state index in [-0.39, 0.29) is 36.4 Å². The number of hydrogen-bond donors (Lipinski definition) is 2. The standard InChI is InChI=1S/C16H25ClN4O2.HI/c1-21(2)15(22)12-20-16(19-10-11-23-3)18-9-8-13-4-6-14(17)7-5-13;/h4-7H,8-12H2,1-3H3,(H2,18,19,20);1H. The second-order valence-electron chi connectivity index (χ2n) is 5.18. The molecule has 0 fully saturated rings. The molecule has 1 amide bonds. The lowest BCUT2D eigenvalue weighted by Gasteiger charge is -2.13. The monoisotopic (exact) mass is 468 g/mol. The van der Waals surface area contributed by atoms with Gasteiger partial charge in [-0.2, -0.15) is 0 Å². The van der Waals surface area contributed by atoms with Crippen LogP contribution >= 0.6 is 35.6 Å². The highest BCUT2D eigenvalue weighted by Crippen LogP contribution is 2.09. The van der Waals surface area contributed by atoms with E-state index in [1.807, 2.05) is 24.3 Å². The van der Waals surface area contributed by atoms with Crippen molar-refractivity contribution < 1.29 is 9.53 Å². The van der Waals surface area contributed by atoms with Gasteiger partial charge in [-0.1, -0.05) is 23.7 Å². The van der Waals surface area contributed by atoms with E-state index in [0.29, 0.717) is 25.7 Å². The van der Waals surface area contributed by atoms with Gasteiger partial charge in [0, 0.05) is 39.3 Å². The first kappa shape index (κ1) is 22.9. The van der Waals surface area contributed by atoms with Crippen LogP contribution in [0.1, 0.15) is 5.56 Å². The molecule has 1 rings (SSSR count). The predicted octanol–water partition coefficient (Wildman–Crippen LogP) is 1.77. The van der Waals surface area contributed by atoms with Crippen molar-refractivity contribution in [1.82, 2.24) is 15.5 Å². The normalized spacial score (nSPS) is 10.8. The van der Waals surface area contributed by atoms with E-state index in [0.717, 1.165) is 11.4 Å². The number of carbonyl (C=O) groups excluding carboxylic acids is 1. The first-order chi connectivity index (χ1) is 11.0. The van der Waals surface area contributed by atoms with Crippen LogP contribution in [0.15, 0.2) is 29.3 Å². The van der Waals surface area contributed by atoms with Gasteiger partial charge in [0.25, 0.3) is 0 Å². The summed E-state index contributed by atoms with van der Waals surface area (Å²) in [6.45, 7) is 2.01. The zero-order valence-electron chi connectivity index (χ0n) is 14.3. The first-order valence-corrected chi connectivity index (χ1v) is 7.86. The summed E-state index contributed by atoms with van der Waals surface area (Å²) >= 11 is 5.87. The fourth-order valence-corrected chi connectivity index (χ4v) is 1.84. The van der Waals surface area contributed by atoms with Crippen molar-refractivity contribution >= 4 is 47.4 Å². The van der Waals surface area contributed by atoms with Gasteiger partial charge in [-0.3, -0.25) is 4.79 Å². The van der Waals surface area contributed by atoms with Crippen LogP contribution in [-0.4, -0.2) is 64.2 Å². The molecule has 0 atom stereocenters. The molecule has 24 heavy (non-hydrogen) atoms. The minimum Gasteiger partial charge on any atom is -0.383 e. The zero-order valence-corrected chi connectivity index (χ0v) is 17.4. The minimum atomic E-state index is -0.0458. The number of carbonyl (C=O) groups is 1. The Labute approximate surface area is 166 Å². The van der Waals surface area contributed by atoms with Crippen molar-refractivity contribution in [2.45, 2.75) is 6.42 Å². The Bertz CT molecular complexity index is 509. The van der Waals surface area contributed by atoms with Crippen molar-refractivity contribution in [3.05, 3.63) is 34.9 Å². The summed E-state index contributed by atoms with van der Waals surface area (Å²) in [5.74, 6) is 0.557. The van der Waals surface area contributed by atoms with Gasteiger partial charge in [-0.05, 0) is 24.1 Å². The summed E-state index contributed by atoms with van der Waals surface area (Å²) in [6.07, 6.45) is 0.837. The van der Waals surface area contributed by atoms with Crippen molar-refractivity contribution in [2.24, 2.45) is 4.99 Å². The van der Waals surface area contributed by atoms with E-state index in [1.165, 1.54) is 10.5 Å². The number of methoxy groups -OCH3 is 1. The van der Waals surface area contributed by atoms with Crippen LogP contribution in [0.25, 0.3) is 0 Å². The lowest BCUT2D eigenvalue weighted by atomic mass is 10.1. The largest absolute Gasteiger partial charge is 0.383 e. The van der Waals surface area contributed by atoms with Crippen LogP contribution < -0.4 is 10.6 Å². The van der Waals surface area contributed by atoms with Crippen molar-refractivity contribution in [1.29, 1.82) is 0 Å². The molecule has 0 unspecified atom stereocenters. The minimum absolute atomic E-state index is 0. The number of rotatable bonds is 8. The van der Waals surface area contributed by atoms with Gasteiger partial charge in [-0.25, -0.2) is 4.99 Å². The Morgan fingerprint density at radius 3 is 2.42 bits per heavy atom. The highest BCUT2D eigenvalue weighted by atomic mass is 127. The van der Waals surface area contributed by atoms with Gasteiger partial charge in [0.15, 0.2) is 5.96 Å². The maximum absolute atomic E-state index is 11.6. The fourth-order valence-electron chi connectivity index (χ4n) is 1.71. The Hall–Kier alpha value is -1.06. The molecule has 1 aromatic carbocycles.